The molecule has 0 aliphatic rings. The molecule has 1 amide bonds. The number of hydrogen-bond acceptors (Lipinski definition) is 3. The van der Waals surface area contributed by atoms with Crippen molar-refractivity contribution in [1.29, 1.82) is 0 Å². The van der Waals surface area contributed by atoms with Crippen LogP contribution in [0.5, 0.6) is 0 Å². The molecule has 0 heterocycles. The van der Waals surface area contributed by atoms with Crippen molar-refractivity contribution in [3.63, 3.8) is 0 Å². The number of nitrogens with one attached hydrogen (secondary N) is 1. The summed E-state index contributed by atoms with van der Waals surface area (Å²) in [7, 11) is 0. The second-order valence-electron chi connectivity index (χ2n) is 5.80. The number of carbonyl (C=O) groups is 1. The summed E-state index contributed by atoms with van der Waals surface area (Å²) in [5.41, 5.74) is 8.29. The maximum absolute atomic E-state index is 11.4. The molecule has 0 atom stereocenters. The largest absolute Gasteiger partial charge is 0.444 e. The molecule has 0 aliphatic heterocycles. The van der Waals surface area contributed by atoms with Gasteiger partial charge in [0.05, 0.1) is 0 Å². The van der Waals surface area contributed by atoms with Crippen LogP contribution in [0.2, 0.25) is 0 Å². The third kappa shape index (κ3) is 6.83. The highest BCUT2D eigenvalue weighted by molar-refractivity contribution is 5.67. The number of ether oxygens (including phenoxy) is 1. The number of alkyl carbamates (subject to hydrolysis) is 1. The molecule has 0 bridgehead atoms. The van der Waals surface area contributed by atoms with Crippen molar-refractivity contribution in [2.45, 2.75) is 39.7 Å². The first-order valence-corrected chi connectivity index (χ1v) is 6.77. The zero-order valence-electron chi connectivity index (χ0n) is 12.7. The van der Waals surface area contributed by atoms with Gasteiger partial charge in [-0.2, -0.15) is 0 Å². The lowest BCUT2D eigenvalue weighted by atomic mass is 10.1. The van der Waals surface area contributed by atoms with Crippen LogP contribution in [0.3, 0.4) is 0 Å². The van der Waals surface area contributed by atoms with E-state index in [1.165, 1.54) is 0 Å². The summed E-state index contributed by atoms with van der Waals surface area (Å²) in [6, 6.07) is 5.92. The van der Waals surface area contributed by atoms with Crippen LogP contribution < -0.4 is 11.1 Å². The molecule has 0 fully saturated rings. The molecule has 0 spiro atoms. The van der Waals surface area contributed by atoms with Crippen LogP contribution >= 0.6 is 0 Å². The van der Waals surface area contributed by atoms with Crippen molar-refractivity contribution in [3.05, 3.63) is 35.4 Å². The number of benzene rings is 1. The molecule has 1 aromatic rings. The second kappa shape index (κ2) is 6.98. The summed E-state index contributed by atoms with van der Waals surface area (Å²) in [6.07, 6.45) is 4.37. The molecule has 0 radical (unpaired) electrons. The summed E-state index contributed by atoms with van der Waals surface area (Å²) < 4.78 is 5.14. The molecule has 4 nitrogen and oxygen atoms in total. The maximum Gasteiger partial charge on any atom is 0.407 e. The Hall–Kier alpha value is -1.97. The molecule has 0 aromatic heterocycles. The first kappa shape index (κ1) is 16.1. The quantitative estimate of drug-likeness (QED) is 0.653. The third-order valence-corrected chi connectivity index (χ3v) is 2.41. The van der Waals surface area contributed by atoms with Crippen molar-refractivity contribution in [2.24, 2.45) is 0 Å². The summed E-state index contributed by atoms with van der Waals surface area (Å²) >= 11 is 0. The predicted molar refractivity (Wildman–Crippen MR) is 83.5 cm³/mol. The zero-order chi connectivity index (χ0) is 15.2. The number of carbonyl (C=O) groups excluding carboxylic acids is 1. The van der Waals surface area contributed by atoms with Crippen LogP contribution in [0.15, 0.2) is 24.3 Å². The maximum atomic E-state index is 11.4. The van der Waals surface area contributed by atoms with Gasteiger partial charge in [0.1, 0.15) is 5.60 Å². The molecule has 3 N–H and O–H groups in total. The fraction of sp³-hybridized carbons (Fsp3) is 0.438. The summed E-state index contributed by atoms with van der Waals surface area (Å²) in [5, 5.41) is 2.71. The van der Waals surface area contributed by atoms with Crippen molar-refractivity contribution in [3.8, 4) is 0 Å². The van der Waals surface area contributed by atoms with E-state index in [1.807, 2.05) is 52.0 Å². The smallest absolute Gasteiger partial charge is 0.407 e. The van der Waals surface area contributed by atoms with E-state index < -0.39 is 5.60 Å². The normalized spacial score (nSPS) is 11.6. The molecule has 0 saturated heterocycles. The number of anilines is 1. The van der Waals surface area contributed by atoms with E-state index in [1.54, 1.807) is 0 Å². The third-order valence-electron chi connectivity index (χ3n) is 2.41. The van der Waals surface area contributed by atoms with Crippen molar-refractivity contribution in [1.82, 2.24) is 5.32 Å². The molecule has 1 aromatic carbocycles. The van der Waals surface area contributed by atoms with Gasteiger partial charge in [0, 0.05) is 12.2 Å². The molecular weight excluding hydrogens is 252 g/mol. The lowest BCUT2D eigenvalue weighted by molar-refractivity contribution is 0.0529. The molecule has 0 aliphatic carbocycles. The molecule has 0 unspecified atom stereocenters. The Morgan fingerprint density at radius 2 is 2.05 bits per heavy atom. The number of nitrogen functional groups attached to an aromatic ring is 1. The Labute approximate surface area is 121 Å². The summed E-state index contributed by atoms with van der Waals surface area (Å²) in [4.78, 5) is 11.4. The average Bonchev–Trinajstić information content (AvgIpc) is 2.24. The van der Waals surface area contributed by atoms with Gasteiger partial charge in [0.2, 0.25) is 0 Å². The zero-order valence-corrected chi connectivity index (χ0v) is 12.7. The topological polar surface area (TPSA) is 64.3 Å². The van der Waals surface area contributed by atoms with Crippen LogP contribution in [0.1, 0.15) is 38.3 Å². The lowest BCUT2D eigenvalue weighted by Gasteiger charge is -2.19. The van der Waals surface area contributed by atoms with Gasteiger partial charge in [-0.25, -0.2) is 4.79 Å². The fourth-order valence-corrected chi connectivity index (χ4v) is 1.73. The Balaban J connectivity index is 2.34. The van der Waals surface area contributed by atoms with Gasteiger partial charge < -0.3 is 15.8 Å². The highest BCUT2D eigenvalue weighted by Crippen LogP contribution is 2.12. The monoisotopic (exact) mass is 276 g/mol. The number of nitrogens with two attached hydrogens (primary N) is 1. The van der Waals surface area contributed by atoms with Crippen molar-refractivity contribution in [2.75, 3.05) is 12.3 Å². The van der Waals surface area contributed by atoms with E-state index in [0.717, 1.165) is 23.2 Å². The molecule has 1 rings (SSSR count). The van der Waals surface area contributed by atoms with Gasteiger partial charge in [-0.05, 0) is 57.4 Å². The number of amides is 1. The van der Waals surface area contributed by atoms with Gasteiger partial charge in [-0.15, -0.1) is 0 Å². The van der Waals surface area contributed by atoms with E-state index in [2.05, 4.69) is 11.4 Å². The Morgan fingerprint density at radius 1 is 1.35 bits per heavy atom. The fourth-order valence-electron chi connectivity index (χ4n) is 1.73. The minimum atomic E-state index is -0.459. The number of hydrogen-bond donors (Lipinski definition) is 2. The molecule has 20 heavy (non-hydrogen) atoms. The van der Waals surface area contributed by atoms with Gasteiger partial charge in [0.15, 0.2) is 0 Å². The van der Waals surface area contributed by atoms with E-state index in [-0.39, 0.29) is 6.09 Å². The van der Waals surface area contributed by atoms with E-state index in [9.17, 15) is 4.79 Å². The number of aryl methyl sites for hydroxylation is 1. The van der Waals surface area contributed by atoms with E-state index in [4.69, 9.17) is 10.5 Å². The molecule has 0 saturated carbocycles. The van der Waals surface area contributed by atoms with Crippen LogP contribution in [0.25, 0.3) is 6.08 Å². The van der Waals surface area contributed by atoms with Crippen molar-refractivity contribution >= 4 is 17.9 Å². The van der Waals surface area contributed by atoms with E-state index in [0.29, 0.717) is 6.54 Å². The summed E-state index contributed by atoms with van der Waals surface area (Å²) in [5.74, 6) is 0. The lowest BCUT2D eigenvalue weighted by Crippen LogP contribution is -2.32. The SMILES string of the molecule is Cc1cc(N)cc(C=CCCNC(=O)OC(C)(C)C)c1. The Kier molecular flexibility index (Phi) is 5.62. The Morgan fingerprint density at radius 3 is 2.65 bits per heavy atom. The minimum Gasteiger partial charge on any atom is -0.444 e. The van der Waals surface area contributed by atoms with Crippen molar-refractivity contribution < 1.29 is 9.53 Å². The van der Waals surface area contributed by atoms with Crippen LogP contribution in [-0.4, -0.2) is 18.2 Å². The van der Waals surface area contributed by atoms with Gasteiger partial charge in [-0.3, -0.25) is 0 Å². The Bertz CT molecular complexity index is 467. The predicted octanol–water partition coefficient (Wildman–Crippen LogP) is 3.51. The summed E-state index contributed by atoms with van der Waals surface area (Å²) in [6.45, 7) is 8.09. The van der Waals surface area contributed by atoms with Gasteiger partial charge in [0.25, 0.3) is 0 Å². The average molecular weight is 276 g/mol. The standard InChI is InChI=1S/C16H24N2O2/c1-12-9-13(11-14(17)10-12)7-5-6-8-18-15(19)20-16(2,3)4/h5,7,9-11H,6,8,17H2,1-4H3,(H,18,19). The highest BCUT2D eigenvalue weighted by atomic mass is 16.6. The highest BCUT2D eigenvalue weighted by Gasteiger charge is 2.15. The van der Waals surface area contributed by atoms with Crippen LogP contribution in [0, 0.1) is 6.92 Å². The molecule has 4 heteroatoms. The first-order valence-electron chi connectivity index (χ1n) is 6.77. The first-order chi connectivity index (χ1) is 9.26. The van der Waals surface area contributed by atoms with E-state index >= 15 is 0 Å². The van der Waals surface area contributed by atoms with Crippen LogP contribution in [0.4, 0.5) is 10.5 Å². The van der Waals surface area contributed by atoms with Gasteiger partial charge >= 0.3 is 6.09 Å². The molecule has 110 valence electrons. The van der Waals surface area contributed by atoms with Crippen LogP contribution in [-0.2, 0) is 4.74 Å². The second-order valence-corrected chi connectivity index (χ2v) is 5.80. The molecular formula is C16H24N2O2. The van der Waals surface area contributed by atoms with Gasteiger partial charge in [-0.1, -0.05) is 18.2 Å². The minimum absolute atomic E-state index is 0.384. The number of rotatable bonds is 4.